The predicted molar refractivity (Wildman–Crippen MR) is 67.7 cm³/mol. The Kier molecular flexibility index (Phi) is 7.97. The molecule has 0 saturated heterocycles. The van der Waals surface area contributed by atoms with Crippen LogP contribution in [0.15, 0.2) is 0 Å². The van der Waals surface area contributed by atoms with Crippen LogP contribution in [0.25, 0.3) is 0 Å². The second kappa shape index (κ2) is 6.54. The van der Waals surface area contributed by atoms with Gasteiger partial charge in [0.25, 0.3) is 0 Å². The molecule has 9 heteroatoms. The van der Waals surface area contributed by atoms with Gasteiger partial charge in [-0.15, -0.1) is 0 Å². The standard InChI is InChI=1S/C4H4Cl8Se/c5-1(6)3(9)13(11,12)4(10)2(7)8/h1-4H. The third kappa shape index (κ3) is 4.69. The second-order valence-electron chi connectivity index (χ2n) is 1.92. The first kappa shape index (κ1) is 15.8. The summed E-state index contributed by atoms with van der Waals surface area (Å²) in [6, 6.07) is 0. The fourth-order valence-electron chi connectivity index (χ4n) is 0.398. The van der Waals surface area contributed by atoms with Crippen molar-refractivity contribution in [1.82, 2.24) is 0 Å². The van der Waals surface area contributed by atoms with E-state index in [0.29, 0.717) is 0 Å². The first-order valence-corrected chi connectivity index (χ1v) is 11.9. The summed E-state index contributed by atoms with van der Waals surface area (Å²) in [5, 5.41) is 0. The van der Waals surface area contributed by atoms with Crippen molar-refractivity contribution in [2.45, 2.75) is 18.2 Å². The van der Waals surface area contributed by atoms with Crippen molar-refractivity contribution in [2.75, 3.05) is 0 Å². The Morgan fingerprint density at radius 2 is 0.846 bits per heavy atom. The van der Waals surface area contributed by atoms with E-state index in [1.807, 2.05) is 0 Å². The van der Waals surface area contributed by atoms with Gasteiger partial charge in [-0.05, 0) is 0 Å². The van der Waals surface area contributed by atoms with Gasteiger partial charge in [0.15, 0.2) is 0 Å². The molecular weight excluding hydrogens is 411 g/mol. The van der Waals surface area contributed by atoms with Crippen LogP contribution in [0.2, 0.25) is 0 Å². The second-order valence-corrected chi connectivity index (χ2v) is 16.9. The summed E-state index contributed by atoms with van der Waals surface area (Å²) < 4.78 is -1.63. The van der Waals surface area contributed by atoms with Gasteiger partial charge in [0.05, 0.1) is 0 Å². The van der Waals surface area contributed by atoms with E-state index in [-0.39, 0.29) is 0 Å². The van der Waals surface area contributed by atoms with Gasteiger partial charge in [-0.3, -0.25) is 0 Å². The van der Waals surface area contributed by atoms with Crippen molar-refractivity contribution in [2.24, 2.45) is 0 Å². The molecule has 0 bridgehead atoms. The van der Waals surface area contributed by atoms with Crippen molar-refractivity contribution >= 4 is 101 Å². The van der Waals surface area contributed by atoms with Crippen molar-refractivity contribution in [3.63, 3.8) is 0 Å². The van der Waals surface area contributed by atoms with Crippen molar-refractivity contribution in [3.8, 4) is 0 Å². The maximum absolute atomic E-state index is 5.95. The fraction of sp³-hybridized carbons (Fsp3) is 1.00. The van der Waals surface area contributed by atoms with Crippen LogP contribution in [0.3, 0.4) is 0 Å². The van der Waals surface area contributed by atoms with Crippen LogP contribution >= 0.6 is 89.8 Å². The average molecular weight is 415 g/mol. The molecule has 0 rings (SSSR count). The zero-order valence-electron chi connectivity index (χ0n) is 5.74. The summed E-state index contributed by atoms with van der Waals surface area (Å²) in [4.78, 5) is -1.80. The van der Waals surface area contributed by atoms with Gasteiger partial charge >= 0.3 is 119 Å². The molecule has 0 fully saturated rings. The molecule has 0 saturated carbocycles. The van der Waals surface area contributed by atoms with E-state index in [0.717, 1.165) is 0 Å². The average Bonchev–Trinajstić information content (AvgIpc) is 2.01. The van der Waals surface area contributed by atoms with Gasteiger partial charge in [0.2, 0.25) is 0 Å². The minimum absolute atomic E-state index is 0.814. The van der Waals surface area contributed by atoms with E-state index in [9.17, 15) is 0 Å². The Labute approximate surface area is 118 Å². The SMILES string of the molecule is ClC(Cl)C(Cl)[Se](Cl)(Cl)C(Cl)C(Cl)Cl. The molecule has 0 aromatic carbocycles. The van der Waals surface area contributed by atoms with Gasteiger partial charge in [-0.25, -0.2) is 0 Å². The van der Waals surface area contributed by atoms with Crippen LogP contribution in [0, 0.1) is 0 Å². The Hall–Kier alpha value is 2.84. The fourth-order valence-corrected chi connectivity index (χ4v) is 11.2. The Balaban J connectivity index is 4.54. The quantitative estimate of drug-likeness (QED) is 0.458. The molecule has 0 spiro atoms. The molecular formula is C4H4Cl8Se. The molecule has 0 aromatic rings. The third-order valence-corrected chi connectivity index (χ3v) is 16.8. The van der Waals surface area contributed by atoms with Crippen LogP contribution in [-0.2, 0) is 0 Å². The number of hydrogen-bond acceptors (Lipinski definition) is 0. The van der Waals surface area contributed by atoms with Gasteiger partial charge in [0, 0.05) is 0 Å². The molecule has 0 aliphatic carbocycles. The Bertz CT molecular complexity index is 142. The molecule has 0 aliphatic rings. The van der Waals surface area contributed by atoms with E-state index in [2.05, 4.69) is 0 Å². The van der Waals surface area contributed by atoms with Crippen LogP contribution in [-0.4, -0.2) is 29.2 Å². The minimum atomic E-state index is -3.28. The molecule has 0 heterocycles. The van der Waals surface area contributed by atoms with E-state index in [4.69, 9.17) is 89.8 Å². The Morgan fingerprint density at radius 3 is 1.00 bits per heavy atom. The molecule has 0 aromatic heterocycles. The zero-order chi connectivity index (χ0) is 10.8. The molecule has 0 nitrogen and oxygen atoms in total. The number of halogens is 8. The first-order valence-electron chi connectivity index (χ1n) is 2.76. The summed E-state index contributed by atoms with van der Waals surface area (Å²) in [7, 11) is 11.9. The number of rotatable bonds is 4. The van der Waals surface area contributed by atoms with E-state index in [1.165, 1.54) is 0 Å². The van der Waals surface area contributed by atoms with Crippen molar-refractivity contribution < 1.29 is 0 Å². The van der Waals surface area contributed by atoms with Crippen LogP contribution in [0.5, 0.6) is 0 Å². The first-order chi connectivity index (χ1) is 5.71. The molecule has 2 unspecified atom stereocenters. The van der Waals surface area contributed by atoms with Crippen LogP contribution < -0.4 is 0 Å². The van der Waals surface area contributed by atoms with E-state index >= 15 is 0 Å². The number of hydrogen-bond donors (Lipinski definition) is 0. The number of alkyl halides is 6. The van der Waals surface area contributed by atoms with Gasteiger partial charge < -0.3 is 0 Å². The van der Waals surface area contributed by atoms with Gasteiger partial charge in [0.1, 0.15) is 0 Å². The maximum atomic E-state index is 5.95. The molecule has 0 N–H and O–H groups in total. The molecule has 13 heavy (non-hydrogen) atoms. The van der Waals surface area contributed by atoms with Gasteiger partial charge in [-0.1, -0.05) is 0 Å². The molecule has 2 atom stereocenters. The zero-order valence-corrected chi connectivity index (χ0v) is 13.5. The Morgan fingerprint density at radius 1 is 0.615 bits per heavy atom. The molecule has 0 amide bonds. The third-order valence-electron chi connectivity index (χ3n) is 0.997. The van der Waals surface area contributed by atoms with E-state index in [1.54, 1.807) is 0 Å². The van der Waals surface area contributed by atoms with Crippen LogP contribution in [0.1, 0.15) is 0 Å². The van der Waals surface area contributed by atoms with Crippen molar-refractivity contribution in [3.05, 3.63) is 0 Å². The molecule has 0 radical (unpaired) electrons. The van der Waals surface area contributed by atoms with Gasteiger partial charge in [-0.2, -0.15) is 0 Å². The van der Waals surface area contributed by atoms with E-state index < -0.39 is 29.2 Å². The summed E-state index contributed by atoms with van der Waals surface area (Å²) in [6.45, 7) is 0. The summed E-state index contributed by atoms with van der Waals surface area (Å²) in [6.07, 6.45) is 0. The predicted octanol–water partition coefficient (Wildman–Crippen LogP) is 4.81. The monoisotopic (exact) mass is 412 g/mol. The molecule has 0 aliphatic heterocycles. The van der Waals surface area contributed by atoms with Crippen molar-refractivity contribution in [1.29, 1.82) is 0 Å². The summed E-state index contributed by atoms with van der Waals surface area (Å²) >= 11 is 30.4. The summed E-state index contributed by atoms with van der Waals surface area (Å²) in [5.74, 6) is 0. The topological polar surface area (TPSA) is 0 Å². The normalized spacial score (nSPS) is 19.2. The summed E-state index contributed by atoms with van der Waals surface area (Å²) in [5.41, 5.74) is 0. The molecule has 82 valence electrons. The van der Waals surface area contributed by atoms with Crippen LogP contribution in [0.4, 0.5) is 0 Å².